The molecule has 2 aromatic rings. The zero-order valence-electron chi connectivity index (χ0n) is 11.2. The van der Waals surface area contributed by atoms with E-state index in [1.54, 1.807) is 12.1 Å². The standard InChI is InChI=1S/C17H16O3/c18-15(11-13-5-2-1-3-6-13)14-7-8-16-17(12-14)20-10-4-9-19-16/h1-3,5-8,12H,4,9-11H2. The van der Waals surface area contributed by atoms with Gasteiger partial charge in [0.25, 0.3) is 0 Å². The molecule has 0 aliphatic carbocycles. The van der Waals surface area contributed by atoms with Crippen molar-refractivity contribution in [3.05, 3.63) is 59.7 Å². The molecule has 3 nitrogen and oxygen atoms in total. The normalized spacial score (nSPS) is 13.6. The van der Waals surface area contributed by atoms with Crippen LogP contribution < -0.4 is 9.47 Å². The van der Waals surface area contributed by atoms with E-state index in [0.29, 0.717) is 30.9 Å². The van der Waals surface area contributed by atoms with Crippen molar-refractivity contribution in [2.75, 3.05) is 13.2 Å². The molecule has 0 radical (unpaired) electrons. The summed E-state index contributed by atoms with van der Waals surface area (Å²) in [6.45, 7) is 1.29. The van der Waals surface area contributed by atoms with Crippen molar-refractivity contribution in [1.82, 2.24) is 0 Å². The van der Waals surface area contributed by atoms with Gasteiger partial charge >= 0.3 is 0 Å². The molecule has 20 heavy (non-hydrogen) atoms. The number of hydrogen-bond donors (Lipinski definition) is 0. The van der Waals surface area contributed by atoms with Crippen LogP contribution in [0.1, 0.15) is 22.3 Å². The quantitative estimate of drug-likeness (QED) is 0.801. The molecule has 3 rings (SSSR count). The van der Waals surface area contributed by atoms with Crippen LogP contribution in [0.25, 0.3) is 0 Å². The molecular formula is C17H16O3. The average Bonchev–Trinajstić information content (AvgIpc) is 2.72. The predicted molar refractivity (Wildman–Crippen MR) is 76.5 cm³/mol. The molecule has 3 heteroatoms. The Hall–Kier alpha value is -2.29. The monoisotopic (exact) mass is 268 g/mol. The summed E-state index contributed by atoms with van der Waals surface area (Å²) in [6.07, 6.45) is 1.27. The van der Waals surface area contributed by atoms with Gasteiger partial charge in [0.05, 0.1) is 13.2 Å². The smallest absolute Gasteiger partial charge is 0.167 e. The van der Waals surface area contributed by atoms with Crippen molar-refractivity contribution in [2.24, 2.45) is 0 Å². The third-order valence-electron chi connectivity index (χ3n) is 3.28. The van der Waals surface area contributed by atoms with Crippen molar-refractivity contribution >= 4 is 5.78 Å². The van der Waals surface area contributed by atoms with Crippen LogP contribution in [-0.4, -0.2) is 19.0 Å². The lowest BCUT2D eigenvalue weighted by molar-refractivity contribution is 0.0992. The summed E-state index contributed by atoms with van der Waals surface area (Å²) in [5.74, 6) is 1.48. The topological polar surface area (TPSA) is 35.5 Å². The van der Waals surface area contributed by atoms with Crippen LogP contribution in [0.2, 0.25) is 0 Å². The summed E-state index contributed by atoms with van der Waals surface area (Å²) in [5, 5.41) is 0. The van der Waals surface area contributed by atoms with Crippen molar-refractivity contribution < 1.29 is 14.3 Å². The highest BCUT2D eigenvalue weighted by atomic mass is 16.5. The number of fused-ring (bicyclic) bond motifs is 1. The number of hydrogen-bond acceptors (Lipinski definition) is 3. The zero-order valence-corrected chi connectivity index (χ0v) is 11.2. The van der Waals surface area contributed by atoms with Gasteiger partial charge in [-0.15, -0.1) is 0 Å². The van der Waals surface area contributed by atoms with E-state index in [1.165, 1.54) is 0 Å². The first-order chi connectivity index (χ1) is 9.83. The van der Waals surface area contributed by atoms with Gasteiger partial charge in [0.1, 0.15) is 0 Å². The highest BCUT2D eigenvalue weighted by Crippen LogP contribution is 2.30. The molecule has 0 saturated carbocycles. The molecule has 0 unspecified atom stereocenters. The summed E-state index contributed by atoms with van der Waals surface area (Å²) >= 11 is 0. The van der Waals surface area contributed by atoms with Crippen LogP contribution >= 0.6 is 0 Å². The van der Waals surface area contributed by atoms with E-state index >= 15 is 0 Å². The van der Waals surface area contributed by atoms with Gasteiger partial charge in [0.2, 0.25) is 0 Å². The molecule has 0 N–H and O–H groups in total. The zero-order chi connectivity index (χ0) is 13.8. The first-order valence-corrected chi connectivity index (χ1v) is 6.80. The first kappa shape index (κ1) is 12.7. The summed E-state index contributed by atoms with van der Waals surface area (Å²) < 4.78 is 11.2. The number of carbonyl (C=O) groups is 1. The van der Waals surface area contributed by atoms with Crippen LogP contribution in [0.3, 0.4) is 0 Å². The number of carbonyl (C=O) groups excluding carboxylic acids is 1. The van der Waals surface area contributed by atoms with Gasteiger partial charge in [-0.25, -0.2) is 0 Å². The molecule has 0 atom stereocenters. The van der Waals surface area contributed by atoms with Gasteiger partial charge in [-0.2, -0.15) is 0 Å². The second-order valence-corrected chi connectivity index (χ2v) is 4.80. The molecule has 0 spiro atoms. The Morgan fingerprint density at radius 3 is 2.50 bits per heavy atom. The van der Waals surface area contributed by atoms with Crippen molar-refractivity contribution in [3.63, 3.8) is 0 Å². The average molecular weight is 268 g/mol. The molecule has 0 aromatic heterocycles. The van der Waals surface area contributed by atoms with Crippen LogP contribution in [0.4, 0.5) is 0 Å². The van der Waals surface area contributed by atoms with Crippen molar-refractivity contribution in [3.8, 4) is 11.5 Å². The van der Waals surface area contributed by atoms with E-state index < -0.39 is 0 Å². The van der Waals surface area contributed by atoms with Crippen molar-refractivity contribution in [2.45, 2.75) is 12.8 Å². The maximum atomic E-state index is 12.3. The summed E-state index contributed by atoms with van der Waals surface area (Å²) in [4.78, 5) is 12.3. The Morgan fingerprint density at radius 2 is 1.70 bits per heavy atom. The predicted octanol–water partition coefficient (Wildman–Crippen LogP) is 3.27. The van der Waals surface area contributed by atoms with E-state index in [-0.39, 0.29) is 5.78 Å². The maximum absolute atomic E-state index is 12.3. The Bertz CT molecular complexity index is 605. The van der Waals surface area contributed by atoms with Gasteiger partial charge in [0, 0.05) is 18.4 Å². The summed E-state index contributed by atoms with van der Waals surface area (Å²) in [6, 6.07) is 15.2. The minimum Gasteiger partial charge on any atom is -0.490 e. The highest BCUT2D eigenvalue weighted by Gasteiger charge is 2.14. The Labute approximate surface area is 118 Å². The molecule has 2 aromatic carbocycles. The Kier molecular flexibility index (Phi) is 3.68. The third-order valence-corrected chi connectivity index (χ3v) is 3.28. The number of ketones is 1. The molecule has 1 aliphatic rings. The number of ether oxygens (including phenoxy) is 2. The molecule has 1 heterocycles. The van der Waals surface area contributed by atoms with E-state index in [1.807, 2.05) is 36.4 Å². The van der Waals surface area contributed by atoms with Crippen LogP contribution in [0, 0.1) is 0 Å². The number of Topliss-reactive ketones (excluding diaryl/α,β-unsaturated/α-hetero) is 1. The lowest BCUT2D eigenvalue weighted by Gasteiger charge is -2.09. The fourth-order valence-corrected chi connectivity index (χ4v) is 2.22. The van der Waals surface area contributed by atoms with Crippen LogP contribution in [0.15, 0.2) is 48.5 Å². The largest absolute Gasteiger partial charge is 0.490 e. The molecule has 1 aliphatic heterocycles. The van der Waals surface area contributed by atoms with Gasteiger partial charge in [0.15, 0.2) is 17.3 Å². The van der Waals surface area contributed by atoms with E-state index in [9.17, 15) is 4.79 Å². The van der Waals surface area contributed by atoms with Gasteiger partial charge in [-0.1, -0.05) is 30.3 Å². The molecule has 0 saturated heterocycles. The Balaban J connectivity index is 1.80. The molecule has 0 amide bonds. The maximum Gasteiger partial charge on any atom is 0.167 e. The van der Waals surface area contributed by atoms with E-state index in [4.69, 9.17) is 9.47 Å². The minimum absolute atomic E-state index is 0.0897. The minimum atomic E-state index is 0.0897. The van der Waals surface area contributed by atoms with E-state index in [0.717, 1.165) is 17.7 Å². The second kappa shape index (κ2) is 5.78. The lowest BCUT2D eigenvalue weighted by Crippen LogP contribution is -2.04. The molecule has 102 valence electrons. The second-order valence-electron chi connectivity index (χ2n) is 4.80. The van der Waals surface area contributed by atoms with Gasteiger partial charge < -0.3 is 9.47 Å². The van der Waals surface area contributed by atoms with Gasteiger partial charge in [-0.05, 0) is 23.8 Å². The Morgan fingerprint density at radius 1 is 0.950 bits per heavy atom. The van der Waals surface area contributed by atoms with Crippen LogP contribution in [-0.2, 0) is 6.42 Å². The highest BCUT2D eigenvalue weighted by molar-refractivity contribution is 5.98. The summed E-state index contributed by atoms with van der Waals surface area (Å²) in [5.41, 5.74) is 1.68. The molecular weight excluding hydrogens is 252 g/mol. The van der Waals surface area contributed by atoms with Crippen LogP contribution in [0.5, 0.6) is 11.5 Å². The van der Waals surface area contributed by atoms with Gasteiger partial charge in [-0.3, -0.25) is 4.79 Å². The van der Waals surface area contributed by atoms with Crippen molar-refractivity contribution in [1.29, 1.82) is 0 Å². The third kappa shape index (κ3) is 2.82. The molecule has 0 bridgehead atoms. The number of benzene rings is 2. The lowest BCUT2D eigenvalue weighted by atomic mass is 10.0. The summed E-state index contributed by atoms with van der Waals surface area (Å²) in [7, 11) is 0. The molecule has 0 fully saturated rings. The first-order valence-electron chi connectivity index (χ1n) is 6.80. The SMILES string of the molecule is O=C(Cc1ccccc1)c1ccc2c(c1)OCCCO2. The van der Waals surface area contributed by atoms with E-state index in [2.05, 4.69) is 0 Å². The fraction of sp³-hybridized carbons (Fsp3) is 0.235. The number of rotatable bonds is 3. The fourth-order valence-electron chi connectivity index (χ4n) is 2.22.